The van der Waals surface area contributed by atoms with Crippen LogP contribution in [0, 0.1) is 13.8 Å². The van der Waals surface area contributed by atoms with Crippen LogP contribution in [0.25, 0.3) is 5.69 Å². The lowest BCUT2D eigenvalue weighted by Crippen LogP contribution is -2.16. The van der Waals surface area contributed by atoms with Gasteiger partial charge in [-0.15, -0.1) is 0 Å². The number of furan rings is 1. The third kappa shape index (κ3) is 5.32. The van der Waals surface area contributed by atoms with Gasteiger partial charge in [-0.1, -0.05) is 11.6 Å². The Morgan fingerprint density at radius 2 is 1.79 bits per heavy atom. The van der Waals surface area contributed by atoms with Crippen molar-refractivity contribution in [2.24, 2.45) is 5.10 Å². The first-order chi connectivity index (χ1) is 16.4. The molecule has 34 heavy (non-hydrogen) atoms. The molecule has 0 radical (unpaired) electrons. The first-order valence-corrected chi connectivity index (χ1v) is 11.0. The number of ether oxygens (including phenoxy) is 2. The predicted molar refractivity (Wildman–Crippen MR) is 131 cm³/mol. The number of aryl methyl sites for hydroxylation is 2. The van der Waals surface area contributed by atoms with Crippen LogP contribution in [-0.4, -0.2) is 23.8 Å². The molecular weight excluding hydrogens is 454 g/mol. The summed E-state index contributed by atoms with van der Waals surface area (Å²) in [5.41, 5.74) is 6.56. The molecule has 0 fully saturated rings. The quantitative estimate of drug-likeness (QED) is 0.261. The van der Waals surface area contributed by atoms with Crippen molar-refractivity contribution in [1.82, 2.24) is 9.99 Å². The lowest BCUT2D eigenvalue weighted by molar-refractivity contribution is 0.0923. The fourth-order valence-electron chi connectivity index (χ4n) is 3.48. The number of aromatic nitrogens is 1. The van der Waals surface area contributed by atoms with Crippen LogP contribution in [0.4, 0.5) is 0 Å². The van der Waals surface area contributed by atoms with Crippen LogP contribution in [0.5, 0.6) is 11.5 Å². The van der Waals surface area contributed by atoms with Gasteiger partial charge in [0.2, 0.25) is 0 Å². The van der Waals surface area contributed by atoms with E-state index in [2.05, 4.69) is 41.1 Å². The molecule has 0 atom stereocenters. The molecule has 8 heteroatoms. The van der Waals surface area contributed by atoms with Crippen molar-refractivity contribution >= 4 is 23.7 Å². The van der Waals surface area contributed by atoms with Crippen molar-refractivity contribution in [1.29, 1.82) is 0 Å². The standard InChI is InChI=1S/C26H24ClN3O4/c1-17-4-5-18(2)30(17)20-7-9-21(10-8-20)33-16-22-11-13-25(34-22)26(31)29-28-15-19-6-12-24(32-3)23(27)14-19/h4-15H,16H2,1-3H3,(H,29,31)/b28-15+. The van der Waals surface area contributed by atoms with E-state index in [9.17, 15) is 4.79 Å². The maximum absolute atomic E-state index is 12.3. The molecule has 0 aliphatic rings. The summed E-state index contributed by atoms with van der Waals surface area (Å²) in [5, 5.41) is 4.40. The molecule has 4 rings (SSSR count). The van der Waals surface area contributed by atoms with Crippen molar-refractivity contribution in [3.05, 3.63) is 100 Å². The Morgan fingerprint density at radius 1 is 1.06 bits per heavy atom. The number of hydrogen-bond acceptors (Lipinski definition) is 5. The van der Waals surface area contributed by atoms with Gasteiger partial charge in [0.1, 0.15) is 23.9 Å². The monoisotopic (exact) mass is 477 g/mol. The number of carbonyl (C=O) groups excluding carboxylic acids is 1. The number of halogens is 1. The topological polar surface area (TPSA) is 78.0 Å². The molecule has 0 saturated heterocycles. The van der Waals surface area contributed by atoms with E-state index >= 15 is 0 Å². The third-order valence-corrected chi connectivity index (χ3v) is 5.48. The molecule has 2 aromatic heterocycles. The Morgan fingerprint density at radius 3 is 2.47 bits per heavy atom. The molecule has 2 heterocycles. The van der Waals surface area contributed by atoms with Gasteiger partial charge in [0.25, 0.3) is 0 Å². The highest BCUT2D eigenvalue weighted by atomic mass is 35.5. The van der Waals surface area contributed by atoms with E-state index in [1.165, 1.54) is 17.6 Å². The normalized spacial score (nSPS) is 11.1. The molecule has 174 valence electrons. The van der Waals surface area contributed by atoms with E-state index in [-0.39, 0.29) is 12.4 Å². The molecule has 7 nitrogen and oxygen atoms in total. The zero-order valence-corrected chi connectivity index (χ0v) is 19.8. The van der Waals surface area contributed by atoms with Gasteiger partial charge < -0.3 is 18.5 Å². The Labute approximate surface area is 202 Å². The second-order valence-corrected chi connectivity index (χ2v) is 8.00. The number of nitrogens with one attached hydrogen (secondary N) is 1. The predicted octanol–water partition coefficient (Wildman–Crippen LogP) is 5.69. The van der Waals surface area contributed by atoms with Gasteiger partial charge in [-0.25, -0.2) is 5.43 Å². The summed E-state index contributed by atoms with van der Waals surface area (Å²) in [6.45, 7) is 4.34. The van der Waals surface area contributed by atoms with Gasteiger partial charge in [0.05, 0.1) is 18.3 Å². The zero-order chi connectivity index (χ0) is 24.1. The number of carbonyl (C=O) groups is 1. The SMILES string of the molecule is COc1ccc(/C=N/NC(=O)c2ccc(COc3ccc(-n4c(C)ccc4C)cc3)o2)cc1Cl. The minimum absolute atomic E-state index is 0.136. The summed E-state index contributed by atoms with van der Waals surface area (Å²) >= 11 is 6.09. The van der Waals surface area contributed by atoms with Crippen LogP contribution >= 0.6 is 11.6 Å². The third-order valence-electron chi connectivity index (χ3n) is 5.19. The van der Waals surface area contributed by atoms with Crippen molar-refractivity contribution in [2.45, 2.75) is 20.5 Å². The number of hydrazone groups is 1. The Bertz CT molecular complexity index is 1300. The van der Waals surface area contributed by atoms with Crippen LogP contribution in [-0.2, 0) is 6.61 Å². The lowest BCUT2D eigenvalue weighted by atomic mass is 10.2. The molecule has 2 aromatic carbocycles. The largest absolute Gasteiger partial charge is 0.495 e. The van der Waals surface area contributed by atoms with Gasteiger partial charge >= 0.3 is 5.91 Å². The second kappa shape index (κ2) is 10.3. The average molecular weight is 478 g/mol. The smallest absolute Gasteiger partial charge is 0.307 e. The summed E-state index contributed by atoms with van der Waals surface area (Å²) in [5.74, 6) is 1.46. The fourth-order valence-corrected chi connectivity index (χ4v) is 3.75. The lowest BCUT2D eigenvalue weighted by Gasteiger charge is -2.10. The Kier molecular flexibility index (Phi) is 7.04. The van der Waals surface area contributed by atoms with Crippen LogP contribution in [0.3, 0.4) is 0 Å². The Hall–Kier alpha value is -3.97. The maximum atomic E-state index is 12.3. The van der Waals surface area contributed by atoms with E-state index in [1.807, 2.05) is 24.3 Å². The molecule has 0 unspecified atom stereocenters. The highest BCUT2D eigenvalue weighted by Gasteiger charge is 2.11. The van der Waals surface area contributed by atoms with Gasteiger partial charge in [-0.3, -0.25) is 4.79 Å². The van der Waals surface area contributed by atoms with E-state index in [1.54, 1.807) is 37.4 Å². The zero-order valence-electron chi connectivity index (χ0n) is 19.0. The van der Waals surface area contributed by atoms with Gasteiger partial charge in [-0.2, -0.15) is 5.10 Å². The van der Waals surface area contributed by atoms with Crippen molar-refractivity contribution in [2.75, 3.05) is 7.11 Å². The molecule has 0 bridgehead atoms. The van der Waals surface area contributed by atoms with E-state index in [4.69, 9.17) is 25.5 Å². The van der Waals surface area contributed by atoms with Crippen molar-refractivity contribution < 1.29 is 18.7 Å². The molecule has 0 aliphatic heterocycles. The second-order valence-electron chi connectivity index (χ2n) is 7.59. The summed E-state index contributed by atoms with van der Waals surface area (Å²) in [6.07, 6.45) is 1.48. The number of amides is 1. The van der Waals surface area contributed by atoms with E-state index in [0.717, 1.165) is 5.69 Å². The highest BCUT2D eigenvalue weighted by Crippen LogP contribution is 2.24. The fraction of sp³-hybridized carbons (Fsp3) is 0.154. The highest BCUT2D eigenvalue weighted by molar-refractivity contribution is 6.32. The molecule has 0 spiro atoms. The van der Waals surface area contributed by atoms with Crippen molar-refractivity contribution in [3.8, 4) is 17.2 Å². The first-order valence-electron chi connectivity index (χ1n) is 10.6. The van der Waals surface area contributed by atoms with Crippen LogP contribution in [0.1, 0.15) is 33.3 Å². The van der Waals surface area contributed by atoms with E-state index < -0.39 is 5.91 Å². The minimum atomic E-state index is -0.469. The number of benzene rings is 2. The first kappa shape index (κ1) is 23.2. The van der Waals surface area contributed by atoms with Crippen LogP contribution < -0.4 is 14.9 Å². The minimum Gasteiger partial charge on any atom is -0.495 e. The molecule has 1 amide bonds. The van der Waals surface area contributed by atoms with Gasteiger partial charge in [0, 0.05) is 17.1 Å². The number of hydrogen-bond donors (Lipinski definition) is 1. The Balaban J connectivity index is 1.31. The molecule has 4 aromatic rings. The van der Waals surface area contributed by atoms with Crippen molar-refractivity contribution in [3.63, 3.8) is 0 Å². The number of methoxy groups -OCH3 is 1. The molecule has 0 saturated carbocycles. The molecule has 1 N–H and O–H groups in total. The summed E-state index contributed by atoms with van der Waals surface area (Å²) in [7, 11) is 1.54. The maximum Gasteiger partial charge on any atom is 0.307 e. The average Bonchev–Trinajstić information content (AvgIpc) is 3.44. The summed E-state index contributed by atoms with van der Waals surface area (Å²) < 4.78 is 18.7. The number of nitrogens with zero attached hydrogens (tertiary/aromatic N) is 2. The molecule has 0 aliphatic carbocycles. The summed E-state index contributed by atoms with van der Waals surface area (Å²) in [6, 6.07) is 20.5. The van der Waals surface area contributed by atoms with Gasteiger partial charge in [0.15, 0.2) is 5.76 Å². The van der Waals surface area contributed by atoms with E-state index in [0.29, 0.717) is 27.8 Å². The van der Waals surface area contributed by atoms with Gasteiger partial charge in [-0.05, 0) is 86.1 Å². The molecular formula is C26H24ClN3O4. The number of rotatable bonds is 8. The van der Waals surface area contributed by atoms with Crippen LogP contribution in [0.15, 0.2) is 76.2 Å². The van der Waals surface area contributed by atoms with Crippen LogP contribution in [0.2, 0.25) is 5.02 Å². The summed E-state index contributed by atoms with van der Waals surface area (Å²) in [4.78, 5) is 12.3.